The second kappa shape index (κ2) is 16.9. The molecular formula is C30H44N6O4. The van der Waals surface area contributed by atoms with Crippen LogP contribution < -0.4 is 21.1 Å². The van der Waals surface area contributed by atoms with E-state index in [1.165, 1.54) is 0 Å². The van der Waals surface area contributed by atoms with Gasteiger partial charge in [0.15, 0.2) is 6.19 Å². The van der Waals surface area contributed by atoms with Crippen LogP contribution in [0.25, 0.3) is 11.0 Å². The Labute approximate surface area is 239 Å². The van der Waals surface area contributed by atoms with Gasteiger partial charge in [-0.2, -0.15) is 5.26 Å². The van der Waals surface area contributed by atoms with Crippen molar-refractivity contribution in [3.63, 3.8) is 0 Å². The minimum Gasteiger partial charge on any atom is -0.497 e. The molecule has 10 heteroatoms. The van der Waals surface area contributed by atoms with Crippen molar-refractivity contribution in [1.29, 1.82) is 5.26 Å². The minimum absolute atomic E-state index is 0. The summed E-state index contributed by atoms with van der Waals surface area (Å²) in [5, 5.41) is 14.5. The highest BCUT2D eigenvalue weighted by molar-refractivity contribution is 5.86. The molecule has 2 aromatic carbocycles. The van der Waals surface area contributed by atoms with Crippen LogP contribution in [0.15, 0.2) is 71.1 Å². The second-order valence-corrected chi connectivity index (χ2v) is 8.89. The number of benzene rings is 2. The van der Waals surface area contributed by atoms with Crippen LogP contribution in [0, 0.1) is 18.4 Å². The molecule has 1 aliphatic rings. The SMILES string of the molecule is C=C.COc1ccc(CCNC(=O)CN2CCCCCC2=O)cc1.Cc1cc2cc(N=C(N)NC#N)ccc2o1.[HH].[HH].[HH]. The van der Waals surface area contributed by atoms with E-state index in [1.54, 1.807) is 24.3 Å². The molecule has 3 aromatic rings. The van der Waals surface area contributed by atoms with E-state index < -0.39 is 0 Å². The number of nitrogens with two attached hydrogens (primary N) is 1. The van der Waals surface area contributed by atoms with Crippen molar-refractivity contribution in [3.05, 3.63) is 73.0 Å². The zero-order valence-corrected chi connectivity index (χ0v) is 23.2. The van der Waals surface area contributed by atoms with Crippen molar-refractivity contribution in [2.24, 2.45) is 10.7 Å². The summed E-state index contributed by atoms with van der Waals surface area (Å²) in [5.74, 6) is 1.76. The molecule has 1 aromatic heterocycles. The molecule has 10 nitrogen and oxygen atoms in total. The lowest BCUT2D eigenvalue weighted by Crippen LogP contribution is -2.41. The van der Waals surface area contributed by atoms with Crippen LogP contribution in [0.5, 0.6) is 5.75 Å². The molecule has 4 rings (SSSR count). The number of ether oxygens (including phenoxy) is 1. The van der Waals surface area contributed by atoms with Crippen LogP contribution in [-0.4, -0.2) is 49.4 Å². The molecule has 1 saturated heterocycles. The van der Waals surface area contributed by atoms with Gasteiger partial charge in [-0.05, 0) is 68.1 Å². The highest BCUT2D eigenvalue weighted by Gasteiger charge is 2.18. The highest BCUT2D eigenvalue weighted by atomic mass is 16.5. The van der Waals surface area contributed by atoms with Gasteiger partial charge in [0, 0.05) is 29.2 Å². The molecule has 0 radical (unpaired) electrons. The number of methoxy groups -OCH3 is 1. The Kier molecular flexibility index (Phi) is 13.3. The monoisotopic (exact) mass is 552 g/mol. The van der Waals surface area contributed by atoms with Crippen molar-refractivity contribution in [2.75, 3.05) is 26.7 Å². The lowest BCUT2D eigenvalue weighted by atomic mass is 10.1. The fourth-order valence-corrected chi connectivity index (χ4v) is 4.03. The Hall–Kier alpha value is -4.78. The van der Waals surface area contributed by atoms with Gasteiger partial charge in [-0.1, -0.05) is 18.6 Å². The number of aliphatic imine (C=N–C) groups is 1. The number of carbonyl (C=O) groups is 2. The van der Waals surface area contributed by atoms with E-state index in [1.807, 2.05) is 49.4 Å². The van der Waals surface area contributed by atoms with E-state index in [0.29, 0.717) is 25.2 Å². The normalized spacial score (nSPS) is 13.1. The predicted molar refractivity (Wildman–Crippen MR) is 163 cm³/mol. The van der Waals surface area contributed by atoms with Gasteiger partial charge in [-0.25, -0.2) is 4.99 Å². The highest BCUT2D eigenvalue weighted by Crippen LogP contribution is 2.24. The van der Waals surface area contributed by atoms with Crippen molar-refractivity contribution in [3.8, 4) is 11.9 Å². The van der Waals surface area contributed by atoms with E-state index in [4.69, 9.17) is 20.1 Å². The van der Waals surface area contributed by atoms with Crippen molar-refractivity contribution >= 4 is 34.4 Å². The van der Waals surface area contributed by atoms with Gasteiger partial charge in [-0.3, -0.25) is 14.9 Å². The minimum atomic E-state index is -0.0799. The first kappa shape index (κ1) is 31.4. The lowest BCUT2D eigenvalue weighted by molar-refractivity contribution is -0.135. The van der Waals surface area contributed by atoms with E-state index >= 15 is 0 Å². The summed E-state index contributed by atoms with van der Waals surface area (Å²) in [5.41, 5.74) is 8.09. The fraction of sp³-hybridized carbons (Fsp3) is 0.333. The summed E-state index contributed by atoms with van der Waals surface area (Å²) >= 11 is 0. The predicted octanol–water partition coefficient (Wildman–Crippen LogP) is 5.05. The molecule has 0 atom stereocenters. The van der Waals surface area contributed by atoms with E-state index in [0.717, 1.165) is 53.7 Å². The van der Waals surface area contributed by atoms with Crippen molar-refractivity contribution < 1.29 is 23.0 Å². The maximum absolute atomic E-state index is 11.9. The Bertz CT molecular complexity index is 1330. The Morgan fingerprint density at radius 2 is 1.95 bits per heavy atom. The maximum Gasteiger partial charge on any atom is 0.239 e. The molecule has 218 valence electrons. The fourth-order valence-electron chi connectivity index (χ4n) is 4.03. The number of likely N-dealkylation sites (tertiary alicyclic amines) is 1. The Morgan fingerprint density at radius 3 is 2.65 bits per heavy atom. The summed E-state index contributed by atoms with van der Waals surface area (Å²) in [7, 11) is 1.64. The molecule has 0 bridgehead atoms. The summed E-state index contributed by atoms with van der Waals surface area (Å²) in [6, 6.07) is 15.2. The first-order chi connectivity index (χ1) is 19.4. The van der Waals surface area contributed by atoms with Crippen LogP contribution in [-0.2, 0) is 16.0 Å². The van der Waals surface area contributed by atoms with Crippen molar-refractivity contribution in [1.82, 2.24) is 15.5 Å². The van der Waals surface area contributed by atoms with Crippen LogP contribution in [0.3, 0.4) is 0 Å². The number of hydrogen-bond acceptors (Lipinski definition) is 6. The molecule has 1 aliphatic heterocycles. The average molecular weight is 553 g/mol. The molecule has 0 saturated carbocycles. The Balaban J connectivity index is 0. The topological polar surface area (TPSA) is 146 Å². The van der Waals surface area contributed by atoms with Gasteiger partial charge < -0.3 is 25.1 Å². The van der Waals surface area contributed by atoms with Crippen LogP contribution in [0.1, 0.15) is 41.3 Å². The van der Waals surface area contributed by atoms with E-state index in [2.05, 4.69) is 28.8 Å². The quantitative estimate of drug-likeness (QED) is 0.122. The first-order valence-corrected chi connectivity index (χ1v) is 13.0. The standard InChI is InChI=1S/C17H24N2O3.C11H10N4O.C2H4.3H2/c1-22-15-8-6-14(7-9-15)10-11-18-16(20)13-19-12-4-2-3-5-17(19)21;1-7-4-8-5-9(2-3-10(8)16-7)15-11(13)14-6-12;1-2;;;/h6-9H,2-5,10-13H2,1H3,(H,18,20);2-5H,1H3,(H3,13,14,15);1-2H2;3*1H. The number of hydrogen-bond donors (Lipinski definition) is 3. The molecule has 4 N–H and O–H groups in total. The maximum atomic E-state index is 11.9. The third-order valence-corrected chi connectivity index (χ3v) is 5.96. The zero-order valence-electron chi connectivity index (χ0n) is 23.2. The number of nitrogens with zero attached hydrogens (tertiary/aromatic N) is 3. The van der Waals surface area contributed by atoms with Gasteiger partial charge in [0.2, 0.25) is 17.8 Å². The molecule has 2 heterocycles. The third-order valence-electron chi connectivity index (χ3n) is 5.96. The number of furan rings is 1. The van der Waals surface area contributed by atoms with E-state index in [-0.39, 0.29) is 28.6 Å². The van der Waals surface area contributed by atoms with Crippen LogP contribution in [0.4, 0.5) is 5.69 Å². The summed E-state index contributed by atoms with van der Waals surface area (Å²) in [6.07, 6.45) is 6.04. The van der Waals surface area contributed by atoms with Gasteiger partial charge in [0.05, 0.1) is 19.3 Å². The number of aryl methyl sites for hydroxylation is 1. The third kappa shape index (κ3) is 10.5. The smallest absolute Gasteiger partial charge is 0.239 e. The van der Waals surface area contributed by atoms with E-state index in [9.17, 15) is 9.59 Å². The molecule has 0 aliphatic carbocycles. The number of fused-ring (bicyclic) bond motifs is 1. The summed E-state index contributed by atoms with van der Waals surface area (Å²) in [6.45, 7) is 9.34. The first-order valence-electron chi connectivity index (χ1n) is 13.0. The van der Waals surface area contributed by atoms with Crippen LogP contribution in [0.2, 0.25) is 0 Å². The molecular weight excluding hydrogens is 508 g/mol. The average Bonchev–Trinajstić information content (AvgIpc) is 3.21. The number of amides is 2. The largest absolute Gasteiger partial charge is 0.497 e. The van der Waals surface area contributed by atoms with Crippen LogP contribution >= 0.6 is 0 Å². The zero-order chi connectivity index (χ0) is 29.3. The Morgan fingerprint density at radius 1 is 1.20 bits per heavy atom. The molecule has 40 heavy (non-hydrogen) atoms. The number of nitriles is 1. The summed E-state index contributed by atoms with van der Waals surface area (Å²) in [4.78, 5) is 29.5. The van der Waals surface area contributed by atoms with Gasteiger partial charge in [0.1, 0.15) is 17.1 Å². The summed E-state index contributed by atoms with van der Waals surface area (Å²) < 4.78 is 10.5. The number of rotatable bonds is 7. The molecule has 2 amide bonds. The molecule has 0 unspecified atom stereocenters. The second-order valence-electron chi connectivity index (χ2n) is 8.89. The molecule has 1 fully saturated rings. The number of nitrogens with one attached hydrogen (secondary N) is 2. The van der Waals surface area contributed by atoms with Gasteiger partial charge in [0.25, 0.3) is 0 Å². The lowest BCUT2D eigenvalue weighted by Gasteiger charge is -2.19. The number of carbonyl (C=O) groups excluding carboxylic acids is 2. The molecule has 0 spiro atoms. The van der Waals surface area contributed by atoms with Gasteiger partial charge >= 0.3 is 0 Å². The number of guanidine groups is 1. The van der Waals surface area contributed by atoms with Gasteiger partial charge in [-0.15, -0.1) is 13.2 Å². The van der Waals surface area contributed by atoms with Crippen molar-refractivity contribution in [2.45, 2.75) is 39.0 Å².